The summed E-state index contributed by atoms with van der Waals surface area (Å²) < 4.78 is 0. The molecule has 0 saturated heterocycles. The number of benzene rings is 2. The second kappa shape index (κ2) is 3.57. The smallest absolute Gasteiger partial charge is 0.138 e. The minimum atomic E-state index is -0.234. The second-order valence-corrected chi connectivity index (χ2v) is 7.04. The summed E-state index contributed by atoms with van der Waals surface area (Å²) in [6, 6.07) is 18.0. The Labute approximate surface area is 129 Å². The minimum Gasteiger partial charge on any atom is -0.188 e. The molecule has 2 aromatic carbocycles. The maximum Gasteiger partial charge on any atom is 0.138 e. The van der Waals surface area contributed by atoms with E-state index in [2.05, 4.69) is 60.7 Å². The van der Waals surface area contributed by atoms with Gasteiger partial charge in [0.1, 0.15) is 5.54 Å². The molecule has 2 heteroatoms. The van der Waals surface area contributed by atoms with Gasteiger partial charge in [0.15, 0.2) is 0 Å². The Balaban J connectivity index is 1.70. The molecular formula is C20H16N2. The van der Waals surface area contributed by atoms with Crippen molar-refractivity contribution in [2.75, 3.05) is 0 Å². The quantitative estimate of drug-likeness (QED) is 0.633. The fraction of sp³-hybridized carbons (Fsp3) is 0.300. The molecule has 4 aliphatic rings. The lowest BCUT2D eigenvalue weighted by Gasteiger charge is -2.33. The van der Waals surface area contributed by atoms with Crippen LogP contribution in [0.15, 0.2) is 70.9 Å². The zero-order valence-corrected chi connectivity index (χ0v) is 12.2. The van der Waals surface area contributed by atoms with Gasteiger partial charge in [-0.15, -0.1) is 0 Å². The van der Waals surface area contributed by atoms with E-state index in [1.165, 1.54) is 28.7 Å². The highest BCUT2D eigenvalue weighted by atomic mass is 15.2. The van der Waals surface area contributed by atoms with Gasteiger partial charge >= 0.3 is 0 Å². The van der Waals surface area contributed by atoms with E-state index in [9.17, 15) is 0 Å². The summed E-state index contributed by atoms with van der Waals surface area (Å²) in [5, 5.41) is 9.75. The predicted molar refractivity (Wildman–Crippen MR) is 85.5 cm³/mol. The van der Waals surface area contributed by atoms with Gasteiger partial charge in [-0.05, 0) is 34.6 Å². The van der Waals surface area contributed by atoms with Crippen molar-refractivity contribution in [2.24, 2.45) is 28.0 Å². The fourth-order valence-corrected chi connectivity index (χ4v) is 5.45. The first-order valence-electron chi connectivity index (χ1n) is 8.19. The number of hydrogen-bond donors (Lipinski definition) is 0. The average Bonchev–Trinajstić information content (AvgIpc) is 3.31. The number of hydrogen-bond acceptors (Lipinski definition) is 2. The molecule has 0 aromatic heterocycles. The number of fused-ring (bicyclic) bond motifs is 11. The monoisotopic (exact) mass is 284 g/mol. The third-order valence-corrected chi connectivity index (χ3v) is 6.21. The van der Waals surface area contributed by atoms with Crippen molar-refractivity contribution >= 4 is 0 Å². The predicted octanol–water partition coefficient (Wildman–Crippen LogP) is 4.57. The molecule has 2 nitrogen and oxygen atoms in total. The molecule has 0 unspecified atom stereocenters. The Morgan fingerprint density at radius 1 is 0.818 bits per heavy atom. The molecule has 1 saturated carbocycles. The minimum absolute atomic E-state index is 0.234. The highest BCUT2D eigenvalue weighted by Gasteiger charge is 2.62. The van der Waals surface area contributed by atoms with E-state index >= 15 is 0 Å². The zero-order valence-electron chi connectivity index (χ0n) is 12.2. The number of allylic oxidation sites excluding steroid dienone is 1. The number of azo groups is 1. The van der Waals surface area contributed by atoms with Crippen LogP contribution in [0.1, 0.15) is 17.5 Å². The van der Waals surface area contributed by atoms with Gasteiger partial charge in [-0.2, -0.15) is 10.2 Å². The van der Waals surface area contributed by atoms with Gasteiger partial charge in [-0.1, -0.05) is 60.7 Å². The molecule has 0 amide bonds. The fourth-order valence-electron chi connectivity index (χ4n) is 5.45. The van der Waals surface area contributed by atoms with Crippen molar-refractivity contribution in [3.63, 3.8) is 0 Å². The summed E-state index contributed by atoms with van der Waals surface area (Å²) in [6.45, 7) is 0. The lowest BCUT2D eigenvalue weighted by molar-refractivity contribution is 0.309. The third-order valence-electron chi connectivity index (χ3n) is 6.21. The molecule has 1 spiro atoms. The largest absolute Gasteiger partial charge is 0.188 e. The number of rotatable bonds is 0. The third kappa shape index (κ3) is 1.06. The first kappa shape index (κ1) is 11.4. The van der Waals surface area contributed by atoms with Crippen molar-refractivity contribution in [1.29, 1.82) is 0 Å². The summed E-state index contributed by atoms with van der Waals surface area (Å²) in [5.41, 5.74) is 5.21. The van der Waals surface area contributed by atoms with E-state index in [4.69, 9.17) is 10.2 Å². The van der Waals surface area contributed by atoms with Crippen LogP contribution in [0.25, 0.3) is 11.1 Å². The van der Waals surface area contributed by atoms with E-state index in [1.54, 1.807) is 0 Å². The Hall–Kier alpha value is -2.22. The first-order valence-corrected chi connectivity index (χ1v) is 8.19. The lowest BCUT2D eigenvalue weighted by atomic mass is 9.70. The van der Waals surface area contributed by atoms with Gasteiger partial charge < -0.3 is 0 Å². The van der Waals surface area contributed by atoms with Crippen molar-refractivity contribution in [3.8, 4) is 11.1 Å². The van der Waals surface area contributed by atoms with Crippen LogP contribution < -0.4 is 0 Å². The van der Waals surface area contributed by atoms with Crippen molar-refractivity contribution in [3.05, 3.63) is 71.8 Å². The molecule has 1 heterocycles. The molecule has 1 aliphatic heterocycles. The lowest BCUT2D eigenvalue weighted by Crippen LogP contribution is -2.37. The Bertz CT molecular complexity index is 818. The molecule has 0 radical (unpaired) electrons. The molecule has 6 rings (SSSR count). The molecule has 106 valence electrons. The summed E-state index contributed by atoms with van der Waals surface area (Å²) in [6.07, 6.45) is 6.06. The maximum absolute atomic E-state index is 4.96. The average molecular weight is 284 g/mol. The van der Waals surface area contributed by atoms with Gasteiger partial charge in [0, 0.05) is 11.8 Å². The zero-order chi connectivity index (χ0) is 14.3. The van der Waals surface area contributed by atoms with E-state index in [0.717, 1.165) is 0 Å². The molecule has 1 fully saturated rings. The van der Waals surface area contributed by atoms with Crippen LogP contribution in [0.3, 0.4) is 0 Å². The molecule has 4 atom stereocenters. The van der Waals surface area contributed by atoms with Crippen LogP contribution in [0, 0.1) is 17.8 Å². The topological polar surface area (TPSA) is 24.7 Å². The molecule has 2 bridgehead atoms. The Morgan fingerprint density at radius 3 is 2.18 bits per heavy atom. The van der Waals surface area contributed by atoms with Crippen LogP contribution in [0.2, 0.25) is 0 Å². The van der Waals surface area contributed by atoms with Crippen LogP contribution in [0.5, 0.6) is 0 Å². The molecule has 3 aliphatic carbocycles. The Kier molecular flexibility index (Phi) is 1.84. The summed E-state index contributed by atoms with van der Waals surface area (Å²) >= 11 is 0. The van der Waals surface area contributed by atoms with Gasteiger partial charge in [-0.3, -0.25) is 0 Å². The summed E-state index contributed by atoms with van der Waals surface area (Å²) in [5.74, 6) is 1.74. The molecular weight excluding hydrogens is 268 g/mol. The van der Waals surface area contributed by atoms with E-state index < -0.39 is 0 Å². The van der Waals surface area contributed by atoms with Gasteiger partial charge in [0.25, 0.3) is 0 Å². The molecule has 0 N–H and O–H groups in total. The molecule has 2 aromatic rings. The normalized spacial score (nSPS) is 34.2. The molecule has 22 heavy (non-hydrogen) atoms. The van der Waals surface area contributed by atoms with Crippen molar-refractivity contribution < 1.29 is 0 Å². The SMILES string of the molecule is C1=C[C@H]2C[C@H]1[C@H]1N=NC3(c4ccccc4-c4ccccc43)[C@H]12. The van der Waals surface area contributed by atoms with Crippen LogP contribution >= 0.6 is 0 Å². The first-order chi connectivity index (χ1) is 10.9. The van der Waals surface area contributed by atoms with E-state index in [0.29, 0.717) is 23.8 Å². The van der Waals surface area contributed by atoms with E-state index in [1.807, 2.05) is 0 Å². The highest BCUT2D eigenvalue weighted by Crippen LogP contribution is 2.64. The van der Waals surface area contributed by atoms with Crippen LogP contribution in [-0.2, 0) is 5.54 Å². The van der Waals surface area contributed by atoms with Gasteiger partial charge in [0.05, 0.1) is 6.04 Å². The Morgan fingerprint density at radius 2 is 1.45 bits per heavy atom. The second-order valence-electron chi connectivity index (χ2n) is 7.04. The van der Waals surface area contributed by atoms with Gasteiger partial charge in [0.2, 0.25) is 0 Å². The van der Waals surface area contributed by atoms with Gasteiger partial charge in [-0.25, -0.2) is 0 Å². The standard InChI is InChI=1S/C20H16N2/c1-3-7-16-14(5-1)15-6-2-4-8-17(15)20(16)18-12-9-10-13(11-12)19(18)21-22-20/h1-10,12-13,18-19H,11H2/t12-,13-,18-,19+/m0/s1. The maximum atomic E-state index is 4.96. The summed E-state index contributed by atoms with van der Waals surface area (Å²) in [7, 11) is 0. The number of nitrogens with zero attached hydrogens (tertiary/aromatic N) is 2. The van der Waals surface area contributed by atoms with Crippen LogP contribution in [0.4, 0.5) is 0 Å². The summed E-state index contributed by atoms with van der Waals surface area (Å²) in [4.78, 5) is 0. The van der Waals surface area contributed by atoms with Crippen LogP contribution in [-0.4, -0.2) is 6.04 Å². The highest BCUT2D eigenvalue weighted by molar-refractivity contribution is 5.81. The van der Waals surface area contributed by atoms with Crippen molar-refractivity contribution in [1.82, 2.24) is 0 Å². The van der Waals surface area contributed by atoms with E-state index in [-0.39, 0.29) is 5.54 Å². The van der Waals surface area contributed by atoms with Crippen molar-refractivity contribution in [2.45, 2.75) is 18.0 Å².